The molecule has 0 aliphatic heterocycles. The van der Waals surface area contributed by atoms with Gasteiger partial charge in [0.2, 0.25) is 0 Å². The smallest absolute Gasteiger partial charge is 0.260 e. The van der Waals surface area contributed by atoms with Gasteiger partial charge in [0.25, 0.3) is 5.91 Å². The van der Waals surface area contributed by atoms with Crippen LogP contribution in [-0.2, 0) is 6.54 Å². The monoisotopic (exact) mass is 376 g/mol. The molecule has 1 amide bonds. The maximum Gasteiger partial charge on any atom is 0.260 e. The van der Waals surface area contributed by atoms with E-state index in [1.807, 2.05) is 38.5 Å². The molecular formula is C16H17BrN4O2. The fourth-order valence-corrected chi connectivity index (χ4v) is 2.70. The van der Waals surface area contributed by atoms with Crippen LogP contribution in [0.15, 0.2) is 45.6 Å². The first-order valence-electron chi connectivity index (χ1n) is 7.20. The van der Waals surface area contributed by atoms with Crippen molar-refractivity contribution in [2.45, 2.75) is 6.54 Å². The molecule has 1 N–H and O–H groups in total. The molecule has 0 saturated carbocycles. The summed E-state index contributed by atoms with van der Waals surface area (Å²) < 4.78 is 8.10. The second-order valence-corrected chi connectivity index (χ2v) is 6.34. The van der Waals surface area contributed by atoms with Crippen LogP contribution < -0.4 is 5.32 Å². The highest BCUT2D eigenvalue weighted by atomic mass is 79.9. The maximum absolute atomic E-state index is 12.4. The molecule has 0 atom stereocenters. The zero-order chi connectivity index (χ0) is 16.4. The van der Waals surface area contributed by atoms with Gasteiger partial charge >= 0.3 is 0 Å². The number of rotatable bonds is 5. The van der Waals surface area contributed by atoms with Crippen molar-refractivity contribution in [3.05, 3.63) is 46.8 Å². The van der Waals surface area contributed by atoms with Crippen LogP contribution >= 0.6 is 15.9 Å². The Morgan fingerprint density at radius 3 is 3.00 bits per heavy atom. The van der Waals surface area contributed by atoms with E-state index in [-0.39, 0.29) is 5.91 Å². The molecule has 23 heavy (non-hydrogen) atoms. The van der Waals surface area contributed by atoms with Gasteiger partial charge in [-0.05, 0) is 36.1 Å². The second kappa shape index (κ2) is 6.55. The van der Waals surface area contributed by atoms with Gasteiger partial charge in [-0.15, -0.1) is 0 Å². The first-order chi connectivity index (χ1) is 11.0. The standard InChI is InChI=1S/C16H17BrN4O2/c1-20(2)8-9-21-7-6-14(19-21)18-16(22)12-10-23-15-11(12)4-3-5-13(15)17/h3-7,10H,8-9H2,1-2H3,(H,18,19,22). The molecule has 1 aromatic carbocycles. The number of furan rings is 1. The molecule has 2 heterocycles. The number of benzene rings is 1. The summed E-state index contributed by atoms with van der Waals surface area (Å²) in [6, 6.07) is 7.38. The minimum absolute atomic E-state index is 0.236. The molecule has 3 rings (SSSR count). The summed E-state index contributed by atoms with van der Waals surface area (Å²) in [6.45, 7) is 1.65. The normalized spacial score (nSPS) is 11.3. The summed E-state index contributed by atoms with van der Waals surface area (Å²) in [4.78, 5) is 14.5. The van der Waals surface area contributed by atoms with Crippen LogP contribution in [0, 0.1) is 0 Å². The molecule has 0 saturated heterocycles. The molecule has 7 heteroatoms. The SMILES string of the molecule is CN(C)CCn1ccc(NC(=O)c2coc3c(Br)cccc23)n1. The average molecular weight is 377 g/mol. The van der Waals surface area contributed by atoms with Crippen LogP contribution in [0.5, 0.6) is 0 Å². The fourth-order valence-electron chi connectivity index (χ4n) is 2.24. The van der Waals surface area contributed by atoms with Gasteiger partial charge in [-0.25, -0.2) is 0 Å². The van der Waals surface area contributed by atoms with Gasteiger partial charge in [0.05, 0.1) is 16.6 Å². The maximum atomic E-state index is 12.4. The van der Waals surface area contributed by atoms with E-state index in [1.54, 1.807) is 10.7 Å². The predicted octanol–water partition coefficient (Wildman–Crippen LogP) is 3.21. The Morgan fingerprint density at radius 2 is 2.22 bits per heavy atom. The molecule has 3 aromatic rings. The molecular weight excluding hydrogens is 360 g/mol. The van der Waals surface area contributed by atoms with Crippen molar-refractivity contribution in [1.29, 1.82) is 0 Å². The number of nitrogens with one attached hydrogen (secondary N) is 1. The number of hydrogen-bond acceptors (Lipinski definition) is 4. The zero-order valence-electron chi connectivity index (χ0n) is 12.9. The van der Waals surface area contributed by atoms with E-state index >= 15 is 0 Å². The predicted molar refractivity (Wildman–Crippen MR) is 92.6 cm³/mol. The molecule has 0 spiro atoms. The lowest BCUT2D eigenvalue weighted by molar-refractivity contribution is 0.102. The molecule has 0 aliphatic carbocycles. The van der Waals surface area contributed by atoms with Crippen LogP contribution in [0.4, 0.5) is 5.82 Å². The Morgan fingerprint density at radius 1 is 1.39 bits per heavy atom. The average Bonchev–Trinajstić information content (AvgIpc) is 3.12. The third-order valence-corrected chi connectivity index (χ3v) is 4.08. The van der Waals surface area contributed by atoms with Gasteiger partial charge < -0.3 is 14.6 Å². The number of hydrogen-bond donors (Lipinski definition) is 1. The lowest BCUT2D eigenvalue weighted by Crippen LogP contribution is -2.19. The Labute approximate surface area is 142 Å². The number of aromatic nitrogens is 2. The van der Waals surface area contributed by atoms with Gasteiger partial charge in [0.1, 0.15) is 11.8 Å². The fraction of sp³-hybridized carbons (Fsp3) is 0.250. The summed E-state index contributed by atoms with van der Waals surface area (Å²) in [6.07, 6.45) is 3.32. The number of amides is 1. The number of carbonyl (C=O) groups excluding carboxylic acids is 1. The van der Waals surface area contributed by atoms with Crippen LogP contribution in [0.3, 0.4) is 0 Å². The number of para-hydroxylation sites is 1. The molecule has 120 valence electrons. The zero-order valence-corrected chi connectivity index (χ0v) is 14.5. The minimum atomic E-state index is -0.236. The summed E-state index contributed by atoms with van der Waals surface area (Å²) >= 11 is 3.41. The van der Waals surface area contributed by atoms with Crippen molar-refractivity contribution >= 4 is 38.6 Å². The first kappa shape index (κ1) is 15.8. The Kier molecular flexibility index (Phi) is 4.49. The highest BCUT2D eigenvalue weighted by molar-refractivity contribution is 9.10. The molecule has 0 bridgehead atoms. The van der Waals surface area contributed by atoms with Crippen molar-refractivity contribution in [3.63, 3.8) is 0 Å². The van der Waals surface area contributed by atoms with Crippen molar-refractivity contribution in [3.8, 4) is 0 Å². The van der Waals surface area contributed by atoms with Crippen LogP contribution in [0.1, 0.15) is 10.4 Å². The van der Waals surface area contributed by atoms with E-state index in [1.165, 1.54) is 6.26 Å². The van der Waals surface area contributed by atoms with Crippen molar-refractivity contribution in [2.75, 3.05) is 26.0 Å². The van der Waals surface area contributed by atoms with Crippen molar-refractivity contribution in [1.82, 2.24) is 14.7 Å². The van der Waals surface area contributed by atoms with Gasteiger partial charge in [-0.1, -0.05) is 12.1 Å². The van der Waals surface area contributed by atoms with E-state index in [2.05, 4.69) is 31.2 Å². The lowest BCUT2D eigenvalue weighted by atomic mass is 10.1. The molecule has 0 fully saturated rings. The van der Waals surface area contributed by atoms with Gasteiger partial charge in [0.15, 0.2) is 5.82 Å². The first-order valence-corrected chi connectivity index (χ1v) is 7.99. The minimum Gasteiger partial charge on any atom is -0.462 e. The largest absolute Gasteiger partial charge is 0.462 e. The third kappa shape index (κ3) is 3.46. The number of anilines is 1. The highest BCUT2D eigenvalue weighted by Crippen LogP contribution is 2.28. The number of halogens is 1. The van der Waals surface area contributed by atoms with E-state index in [0.717, 1.165) is 22.9 Å². The van der Waals surface area contributed by atoms with Gasteiger partial charge in [0, 0.05) is 24.2 Å². The van der Waals surface area contributed by atoms with Gasteiger partial charge in [-0.3, -0.25) is 9.48 Å². The summed E-state index contributed by atoms with van der Waals surface area (Å²) in [5, 5.41) is 7.92. The molecule has 0 radical (unpaired) electrons. The quantitative estimate of drug-likeness (QED) is 0.742. The van der Waals surface area contributed by atoms with Crippen LogP contribution in [0.25, 0.3) is 11.0 Å². The van der Waals surface area contributed by atoms with Crippen molar-refractivity contribution in [2.24, 2.45) is 0 Å². The molecule has 6 nitrogen and oxygen atoms in total. The third-order valence-electron chi connectivity index (χ3n) is 3.45. The molecule has 0 unspecified atom stereocenters. The van der Waals surface area contributed by atoms with E-state index in [9.17, 15) is 4.79 Å². The number of fused-ring (bicyclic) bond motifs is 1. The molecule has 0 aliphatic rings. The lowest BCUT2D eigenvalue weighted by Gasteiger charge is -2.08. The Hall–Kier alpha value is -2.12. The second-order valence-electron chi connectivity index (χ2n) is 5.49. The Balaban J connectivity index is 1.75. The van der Waals surface area contributed by atoms with Crippen molar-refractivity contribution < 1.29 is 9.21 Å². The van der Waals surface area contributed by atoms with Crippen LogP contribution in [-0.4, -0.2) is 41.2 Å². The van der Waals surface area contributed by atoms with E-state index in [0.29, 0.717) is 17.0 Å². The number of likely N-dealkylation sites (N-methyl/N-ethyl adjacent to an activating group) is 1. The molecule has 2 aromatic heterocycles. The number of carbonyl (C=O) groups is 1. The Bertz CT molecular complexity index is 838. The summed E-state index contributed by atoms with van der Waals surface area (Å²) in [7, 11) is 4.02. The summed E-state index contributed by atoms with van der Waals surface area (Å²) in [5.41, 5.74) is 1.15. The van der Waals surface area contributed by atoms with Gasteiger partial charge in [-0.2, -0.15) is 5.10 Å². The highest BCUT2D eigenvalue weighted by Gasteiger charge is 2.16. The number of nitrogens with zero attached hydrogens (tertiary/aromatic N) is 3. The summed E-state index contributed by atoms with van der Waals surface area (Å²) in [5.74, 6) is 0.290. The van der Waals surface area contributed by atoms with Crippen LogP contribution in [0.2, 0.25) is 0 Å². The van der Waals surface area contributed by atoms with E-state index in [4.69, 9.17) is 4.42 Å². The topological polar surface area (TPSA) is 63.3 Å². The van der Waals surface area contributed by atoms with E-state index < -0.39 is 0 Å².